The summed E-state index contributed by atoms with van der Waals surface area (Å²) in [6.45, 7) is 7.14. The van der Waals surface area contributed by atoms with Gasteiger partial charge in [0.15, 0.2) is 6.29 Å². The third-order valence-electron chi connectivity index (χ3n) is 11.9. The number of hydrogen-bond acceptors (Lipinski definition) is 6. The number of hydrogen-bond donors (Lipinski definition) is 2. The summed E-state index contributed by atoms with van der Waals surface area (Å²) >= 11 is 0. The second-order valence-corrected chi connectivity index (χ2v) is 13.2. The van der Waals surface area contributed by atoms with E-state index >= 15 is 0 Å². The monoisotopic (exact) mass is 488 g/mol. The van der Waals surface area contributed by atoms with Gasteiger partial charge in [0.1, 0.15) is 6.61 Å². The molecule has 0 aromatic rings. The summed E-state index contributed by atoms with van der Waals surface area (Å²) in [5, 5.41) is 22.3. The molecule has 196 valence electrons. The molecular weight excluding hydrogens is 444 g/mol. The van der Waals surface area contributed by atoms with Gasteiger partial charge in [0.25, 0.3) is 0 Å². The Labute approximate surface area is 209 Å². The van der Waals surface area contributed by atoms with Crippen molar-refractivity contribution in [2.75, 3.05) is 6.61 Å². The Balaban J connectivity index is 1.16. The molecule has 2 heterocycles. The van der Waals surface area contributed by atoms with Crippen molar-refractivity contribution >= 4 is 5.97 Å². The molecule has 2 aliphatic heterocycles. The van der Waals surface area contributed by atoms with Gasteiger partial charge in [0.05, 0.1) is 23.9 Å². The minimum absolute atomic E-state index is 0.157. The summed E-state index contributed by atoms with van der Waals surface area (Å²) in [6.07, 6.45) is 12.3. The summed E-state index contributed by atoms with van der Waals surface area (Å²) in [5.74, 6) is 1.56. The van der Waals surface area contributed by atoms with Gasteiger partial charge >= 0.3 is 5.97 Å². The van der Waals surface area contributed by atoms with Crippen molar-refractivity contribution in [1.82, 2.24) is 0 Å². The van der Waals surface area contributed by atoms with Gasteiger partial charge in [-0.2, -0.15) is 0 Å². The van der Waals surface area contributed by atoms with Crippen LogP contribution in [-0.4, -0.2) is 53.0 Å². The molecule has 0 bridgehead atoms. The number of rotatable bonds is 3. The molecule has 0 aromatic carbocycles. The number of ether oxygens (including phenoxy) is 3. The van der Waals surface area contributed by atoms with E-state index in [0.29, 0.717) is 24.4 Å². The molecule has 1 saturated heterocycles. The lowest BCUT2D eigenvalue weighted by Gasteiger charge is -2.63. The van der Waals surface area contributed by atoms with Crippen LogP contribution in [0.3, 0.4) is 0 Å². The zero-order valence-electron chi connectivity index (χ0n) is 21.7. The minimum atomic E-state index is -0.651. The highest BCUT2D eigenvalue weighted by Gasteiger charge is 2.67. The molecule has 11 atom stereocenters. The Morgan fingerprint density at radius 3 is 2.57 bits per heavy atom. The number of aliphatic hydroxyl groups excluding tert-OH is 1. The maximum Gasteiger partial charge on any atom is 0.331 e. The summed E-state index contributed by atoms with van der Waals surface area (Å²) in [7, 11) is 0. The van der Waals surface area contributed by atoms with E-state index in [1.165, 1.54) is 6.42 Å². The SMILES string of the molecule is C[C@@H]1O[C@@H](O[C@H]2CC[C@]3(C)C4CC[C@]5(C)[C@@H](C6=CC(=O)OC6)CC[C@]5(O)C4CC[C@@H]3C2)CC[C@H]1O. The van der Waals surface area contributed by atoms with Gasteiger partial charge in [-0.25, -0.2) is 4.79 Å². The highest BCUT2D eigenvalue weighted by atomic mass is 16.7. The van der Waals surface area contributed by atoms with Gasteiger partial charge in [0, 0.05) is 17.9 Å². The van der Waals surface area contributed by atoms with E-state index in [1.807, 2.05) is 6.92 Å². The van der Waals surface area contributed by atoms with Crippen molar-refractivity contribution in [1.29, 1.82) is 0 Å². The van der Waals surface area contributed by atoms with E-state index < -0.39 is 5.60 Å². The molecule has 5 fully saturated rings. The fraction of sp³-hybridized carbons (Fsp3) is 0.897. The van der Waals surface area contributed by atoms with E-state index in [9.17, 15) is 15.0 Å². The molecule has 6 nitrogen and oxygen atoms in total. The fourth-order valence-corrected chi connectivity index (χ4v) is 9.75. The molecule has 6 rings (SSSR count). The van der Waals surface area contributed by atoms with Crippen molar-refractivity contribution in [2.24, 2.45) is 34.5 Å². The molecule has 0 radical (unpaired) electrons. The number of fused-ring (bicyclic) bond motifs is 5. The lowest BCUT2D eigenvalue weighted by atomic mass is 9.43. The Kier molecular flexibility index (Phi) is 5.95. The van der Waals surface area contributed by atoms with E-state index in [2.05, 4.69) is 13.8 Å². The largest absolute Gasteiger partial charge is 0.458 e. The van der Waals surface area contributed by atoms with Crippen LogP contribution in [0.25, 0.3) is 0 Å². The summed E-state index contributed by atoms with van der Waals surface area (Å²) < 4.78 is 17.6. The number of esters is 1. The van der Waals surface area contributed by atoms with Gasteiger partial charge in [-0.05, 0) is 106 Å². The average molecular weight is 489 g/mol. The first-order chi connectivity index (χ1) is 16.6. The smallest absolute Gasteiger partial charge is 0.331 e. The predicted molar refractivity (Wildman–Crippen MR) is 130 cm³/mol. The van der Waals surface area contributed by atoms with Gasteiger partial charge in [-0.3, -0.25) is 0 Å². The van der Waals surface area contributed by atoms with Crippen molar-refractivity contribution in [3.8, 4) is 0 Å². The molecule has 6 heteroatoms. The third kappa shape index (κ3) is 3.68. The van der Waals surface area contributed by atoms with Gasteiger partial charge in [-0.1, -0.05) is 13.8 Å². The van der Waals surface area contributed by atoms with Crippen LogP contribution in [-0.2, 0) is 19.0 Å². The van der Waals surface area contributed by atoms with E-state index in [0.717, 1.165) is 69.8 Å². The molecule has 6 aliphatic rings. The number of carbonyl (C=O) groups is 1. The van der Waals surface area contributed by atoms with Crippen molar-refractivity contribution in [3.63, 3.8) is 0 Å². The zero-order valence-corrected chi connectivity index (χ0v) is 21.7. The van der Waals surface area contributed by atoms with E-state index in [4.69, 9.17) is 14.2 Å². The topological polar surface area (TPSA) is 85.2 Å². The normalized spacial score (nSPS) is 53.9. The summed E-state index contributed by atoms with van der Waals surface area (Å²) in [6, 6.07) is 0. The average Bonchev–Trinajstić information content (AvgIpc) is 3.36. The highest BCUT2D eigenvalue weighted by Crippen LogP contribution is 2.70. The summed E-state index contributed by atoms with van der Waals surface area (Å²) in [4.78, 5) is 11.8. The Morgan fingerprint density at radius 2 is 1.83 bits per heavy atom. The van der Waals surface area contributed by atoms with Crippen LogP contribution < -0.4 is 0 Å². The molecule has 2 unspecified atom stereocenters. The van der Waals surface area contributed by atoms with E-state index in [-0.39, 0.29) is 47.3 Å². The minimum Gasteiger partial charge on any atom is -0.458 e. The first-order valence-corrected chi connectivity index (χ1v) is 14.2. The van der Waals surface area contributed by atoms with Crippen LogP contribution in [0.1, 0.15) is 91.4 Å². The van der Waals surface area contributed by atoms with Gasteiger partial charge < -0.3 is 24.4 Å². The molecular formula is C29H44O6. The highest BCUT2D eigenvalue weighted by molar-refractivity contribution is 5.85. The second kappa shape index (κ2) is 8.54. The fourth-order valence-electron chi connectivity index (χ4n) is 9.75. The van der Waals surface area contributed by atoms with E-state index in [1.54, 1.807) is 6.08 Å². The van der Waals surface area contributed by atoms with Crippen LogP contribution in [0.2, 0.25) is 0 Å². The van der Waals surface area contributed by atoms with Crippen LogP contribution >= 0.6 is 0 Å². The summed E-state index contributed by atoms with van der Waals surface area (Å²) in [5.41, 5.74) is 0.537. The molecule has 0 amide bonds. The van der Waals surface area contributed by atoms with Crippen LogP contribution in [0, 0.1) is 34.5 Å². The lowest BCUT2D eigenvalue weighted by molar-refractivity contribution is -0.252. The second-order valence-electron chi connectivity index (χ2n) is 13.2. The quantitative estimate of drug-likeness (QED) is 0.449. The Hall–Kier alpha value is -0.950. The standard InChI is InChI=1S/C29H44O6/c1-17-24(30)6-7-26(34-17)35-20-8-11-27(2)19(15-20)4-5-23-22(27)9-12-28(3)21(10-13-29(23,28)32)18-14-25(31)33-16-18/h14,17,19-24,26,30,32H,4-13,15-16H2,1-3H3/t17-,19+,20-,21+,22?,23?,24+,26-,27-,28+,29-/m0/s1. The predicted octanol–water partition coefficient (Wildman–Crippen LogP) is 4.51. The third-order valence-corrected chi connectivity index (χ3v) is 11.9. The zero-order chi connectivity index (χ0) is 24.6. The molecule has 2 N–H and O–H groups in total. The van der Waals surface area contributed by atoms with Gasteiger partial charge in [-0.15, -0.1) is 0 Å². The molecule has 0 aromatic heterocycles. The maximum atomic E-state index is 12.4. The number of carbonyl (C=O) groups excluding carboxylic acids is 1. The number of cyclic esters (lactones) is 1. The first-order valence-electron chi connectivity index (χ1n) is 14.2. The van der Waals surface area contributed by atoms with Crippen LogP contribution in [0.5, 0.6) is 0 Å². The van der Waals surface area contributed by atoms with Crippen LogP contribution in [0.4, 0.5) is 0 Å². The molecule has 4 aliphatic carbocycles. The Bertz CT molecular complexity index is 886. The number of aliphatic hydroxyl groups is 2. The van der Waals surface area contributed by atoms with Crippen molar-refractivity contribution in [2.45, 2.75) is 122 Å². The maximum absolute atomic E-state index is 12.4. The van der Waals surface area contributed by atoms with Crippen LogP contribution in [0.15, 0.2) is 11.6 Å². The van der Waals surface area contributed by atoms with Crippen molar-refractivity contribution in [3.05, 3.63) is 11.6 Å². The van der Waals surface area contributed by atoms with Gasteiger partial charge in [0.2, 0.25) is 0 Å². The first kappa shape index (κ1) is 24.4. The molecule has 4 saturated carbocycles. The molecule has 0 spiro atoms. The lowest BCUT2D eigenvalue weighted by Crippen LogP contribution is -2.62. The Morgan fingerprint density at radius 1 is 1.00 bits per heavy atom. The molecule has 35 heavy (non-hydrogen) atoms. The van der Waals surface area contributed by atoms with Crippen molar-refractivity contribution < 1.29 is 29.2 Å².